The maximum absolute atomic E-state index is 13.9. The minimum atomic E-state index is -4.82. The van der Waals surface area contributed by atoms with Crippen LogP contribution >= 0.6 is 15.9 Å². The van der Waals surface area contributed by atoms with E-state index in [4.69, 9.17) is 0 Å². The van der Waals surface area contributed by atoms with Gasteiger partial charge in [-0.2, -0.15) is 13.2 Å². The highest BCUT2D eigenvalue weighted by Crippen LogP contribution is 2.32. The van der Waals surface area contributed by atoms with Gasteiger partial charge in [0.1, 0.15) is 5.82 Å². The molecule has 1 aliphatic carbocycles. The lowest BCUT2D eigenvalue weighted by atomic mass is 9.95. The third kappa shape index (κ3) is 3.75. The predicted octanol–water partition coefficient (Wildman–Crippen LogP) is 4.28. The summed E-state index contributed by atoms with van der Waals surface area (Å²) in [7, 11) is 0. The van der Waals surface area contributed by atoms with Crippen LogP contribution in [0.5, 0.6) is 0 Å². The first kappa shape index (κ1) is 16.3. The standard InChI is InChI=1S/C14H14BrF4NO/c15-10-6-1-2-7-11(10)20-13(21)8-4-3-5-9(12(8)16)14(17,18)19/h3-5,10-11H,1-2,6-7H2,(H,20,21). The molecule has 2 nitrogen and oxygen atoms in total. The minimum absolute atomic E-state index is 0.0593. The second-order valence-electron chi connectivity index (χ2n) is 5.05. The number of carbonyl (C=O) groups excluding carboxylic acids is 1. The second kappa shape index (κ2) is 6.34. The van der Waals surface area contributed by atoms with E-state index in [-0.39, 0.29) is 10.9 Å². The maximum atomic E-state index is 13.9. The molecule has 0 aliphatic heterocycles. The summed E-state index contributed by atoms with van der Waals surface area (Å²) in [5.41, 5.74) is -2.00. The lowest BCUT2D eigenvalue weighted by molar-refractivity contribution is -0.140. The molecule has 1 amide bonds. The lowest BCUT2D eigenvalue weighted by Crippen LogP contribution is -2.43. The van der Waals surface area contributed by atoms with Gasteiger partial charge >= 0.3 is 6.18 Å². The fourth-order valence-corrected chi connectivity index (χ4v) is 3.14. The van der Waals surface area contributed by atoms with Crippen LogP contribution in [0.4, 0.5) is 17.6 Å². The fourth-order valence-electron chi connectivity index (χ4n) is 2.42. The molecule has 0 radical (unpaired) electrons. The summed E-state index contributed by atoms with van der Waals surface area (Å²) in [6, 6.07) is 2.53. The first-order chi connectivity index (χ1) is 9.80. The zero-order valence-corrected chi connectivity index (χ0v) is 12.6. The molecule has 1 saturated carbocycles. The van der Waals surface area contributed by atoms with Crippen molar-refractivity contribution in [2.45, 2.75) is 42.7 Å². The molecule has 2 unspecified atom stereocenters. The Morgan fingerprint density at radius 3 is 2.52 bits per heavy atom. The van der Waals surface area contributed by atoms with Gasteiger partial charge in [0.15, 0.2) is 0 Å². The second-order valence-corrected chi connectivity index (χ2v) is 6.22. The smallest absolute Gasteiger partial charge is 0.348 e. The first-order valence-corrected chi connectivity index (χ1v) is 7.53. The number of amides is 1. The van der Waals surface area contributed by atoms with Crippen LogP contribution in [0.3, 0.4) is 0 Å². The molecular formula is C14H14BrF4NO. The number of nitrogens with one attached hydrogen (secondary N) is 1. The summed E-state index contributed by atoms with van der Waals surface area (Å²) in [6.45, 7) is 0. The van der Waals surface area contributed by atoms with Crippen LogP contribution in [0.25, 0.3) is 0 Å². The highest BCUT2D eigenvalue weighted by molar-refractivity contribution is 9.09. The molecule has 21 heavy (non-hydrogen) atoms. The maximum Gasteiger partial charge on any atom is 0.419 e. The number of carbonyl (C=O) groups is 1. The molecule has 1 fully saturated rings. The van der Waals surface area contributed by atoms with Crippen molar-refractivity contribution in [1.82, 2.24) is 5.32 Å². The van der Waals surface area contributed by atoms with Crippen molar-refractivity contribution in [2.24, 2.45) is 0 Å². The minimum Gasteiger partial charge on any atom is -0.348 e. The summed E-state index contributed by atoms with van der Waals surface area (Å²) in [6.07, 6.45) is -1.26. The topological polar surface area (TPSA) is 29.1 Å². The molecule has 0 saturated heterocycles. The molecule has 116 valence electrons. The van der Waals surface area contributed by atoms with Crippen molar-refractivity contribution in [1.29, 1.82) is 0 Å². The molecule has 0 spiro atoms. The van der Waals surface area contributed by atoms with Gasteiger partial charge in [0, 0.05) is 10.9 Å². The van der Waals surface area contributed by atoms with Crippen molar-refractivity contribution in [3.8, 4) is 0 Å². The zero-order chi connectivity index (χ0) is 15.6. The Balaban J connectivity index is 2.20. The first-order valence-electron chi connectivity index (χ1n) is 6.61. The number of alkyl halides is 4. The summed E-state index contributed by atoms with van der Waals surface area (Å²) >= 11 is 3.43. The van der Waals surface area contributed by atoms with E-state index in [0.29, 0.717) is 6.07 Å². The summed E-state index contributed by atoms with van der Waals surface area (Å²) in [5, 5.41) is 2.61. The summed E-state index contributed by atoms with van der Waals surface area (Å²) < 4.78 is 51.8. The van der Waals surface area contributed by atoms with Crippen LogP contribution in [0, 0.1) is 5.82 Å². The molecule has 1 N–H and O–H groups in total. The SMILES string of the molecule is O=C(NC1CCCCC1Br)c1cccc(C(F)(F)F)c1F. The van der Waals surface area contributed by atoms with Gasteiger partial charge in [0.05, 0.1) is 11.1 Å². The lowest BCUT2D eigenvalue weighted by Gasteiger charge is -2.28. The van der Waals surface area contributed by atoms with Gasteiger partial charge < -0.3 is 5.32 Å². The third-order valence-electron chi connectivity index (χ3n) is 3.55. The van der Waals surface area contributed by atoms with E-state index in [0.717, 1.165) is 37.8 Å². The van der Waals surface area contributed by atoms with Crippen molar-refractivity contribution in [3.63, 3.8) is 0 Å². The number of hydrogen-bond acceptors (Lipinski definition) is 1. The molecule has 1 aromatic carbocycles. The fraction of sp³-hybridized carbons (Fsp3) is 0.500. The van der Waals surface area contributed by atoms with Crippen molar-refractivity contribution < 1.29 is 22.4 Å². The molecule has 2 rings (SSSR count). The van der Waals surface area contributed by atoms with Gasteiger partial charge in [-0.25, -0.2) is 4.39 Å². The molecule has 0 bridgehead atoms. The largest absolute Gasteiger partial charge is 0.419 e. The predicted molar refractivity (Wildman–Crippen MR) is 73.8 cm³/mol. The van der Waals surface area contributed by atoms with Crippen LogP contribution in [0.2, 0.25) is 0 Å². The number of hydrogen-bond donors (Lipinski definition) is 1. The van der Waals surface area contributed by atoms with Gasteiger partial charge in [0.25, 0.3) is 5.91 Å². The van der Waals surface area contributed by atoms with Gasteiger partial charge in [-0.1, -0.05) is 34.8 Å². The van der Waals surface area contributed by atoms with Crippen LogP contribution in [-0.2, 0) is 6.18 Å². The van der Waals surface area contributed by atoms with Gasteiger partial charge in [-0.3, -0.25) is 4.79 Å². The molecular weight excluding hydrogens is 354 g/mol. The molecule has 0 aromatic heterocycles. The Kier molecular flexibility index (Phi) is 4.91. The Labute approximate surface area is 128 Å². The Bertz CT molecular complexity index is 532. The number of benzene rings is 1. The average Bonchev–Trinajstić information content (AvgIpc) is 2.40. The van der Waals surface area contributed by atoms with Crippen molar-refractivity contribution >= 4 is 21.8 Å². The zero-order valence-electron chi connectivity index (χ0n) is 11.0. The molecule has 1 aromatic rings. The molecule has 2 atom stereocenters. The quantitative estimate of drug-likeness (QED) is 0.613. The Morgan fingerprint density at radius 2 is 1.90 bits per heavy atom. The summed E-state index contributed by atoms with van der Waals surface area (Å²) in [5.74, 6) is -2.33. The van der Waals surface area contributed by atoms with E-state index in [1.165, 1.54) is 0 Å². The number of rotatable bonds is 2. The van der Waals surface area contributed by atoms with Crippen LogP contribution < -0.4 is 5.32 Å². The normalized spacial score (nSPS) is 22.9. The molecule has 1 aliphatic rings. The van der Waals surface area contributed by atoms with E-state index < -0.39 is 29.0 Å². The van der Waals surface area contributed by atoms with E-state index in [1.54, 1.807) is 0 Å². The van der Waals surface area contributed by atoms with Gasteiger partial charge in [-0.15, -0.1) is 0 Å². The Hall–Kier alpha value is -1.11. The average molecular weight is 368 g/mol. The third-order valence-corrected chi connectivity index (χ3v) is 4.64. The highest BCUT2D eigenvalue weighted by Gasteiger charge is 2.36. The van der Waals surface area contributed by atoms with Crippen LogP contribution in [0.15, 0.2) is 18.2 Å². The van der Waals surface area contributed by atoms with Crippen LogP contribution in [-0.4, -0.2) is 16.8 Å². The summed E-state index contributed by atoms with van der Waals surface area (Å²) in [4.78, 5) is 12.1. The number of halogens is 5. The van der Waals surface area contributed by atoms with E-state index >= 15 is 0 Å². The monoisotopic (exact) mass is 367 g/mol. The molecule has 0 heterocycles. The van der Waals surface area contributed by atoms with Crippen molar-refractivity contribution in [2.75, 3.05) is 0 Å². The van der Waals surface area contributed by atoms with Crippen LogP contribution in [0.1, 0.15) is 41.6 Å². The van der Waals surface area contributed by atoms with Gasteiger partial charge in [0.2, 0.25) is 0 Å². The Morgan fingerprint density at radius 1 is 1.24 bits per heavy atom. The van der Waals surface area contributed by atoms with E-state index in [1.807, 2.05) is 0 Å². The van der Waals surface area contributed by atoms with Crippen molar-refractivity contribution in [3.05, 3.63) is 35.1 Å². The van der Waals surface area contributed by atoms with E-state index in [9.17, 15) is 22.4 Å². The van der Waals surface area contributed by atoms with E-state index in [2.05, 4.69) is 21.2 Å². The highest BCUT2D eigenvalue weighted by atomic mass is 79.9. The van der Waals surface area contributed by atoms with Gasteiger partial charge in [-0.05, 0) is 25.0 Å². The molecule has 7 heteroatoms.